The first kappa shape index (κ1) is 12.6. The van der Waals surface area contributed by atoms with E-state index in [4.69, 9.17) is 9.15 Å². The summed E-state index contributed by atoms with van der Waals surface area (Å²) in [5, 5.41) is 3.33. The Bertz CT molecular complexity index is 510. The third-order valence-electron chi connectivity index (χ3n) is 2.61. The van der Waals surface area contributed by atoms with Crippen LogP contribution in [0.1, 0.15) is 30.2 Å². The van der Waals surface area contributed by atoms with Crippen LogP contribution in [0.4, 0.5) is 0 Å². The zero-order chi connectivity index (χ0) is 13.0. The number of methoxy groups -OCH3 is 1. The molecule has 18 heavy (non-hydrogen) atoms. The van der Waals surface area contributed by atoms with Crippen LogP contribution in [-0.4, -0.2) is 23.6 Å². The Balaban J connectivity index is 2.41. The van der Waals surface area contributed by atoms with Gasteiger partial charge in [-0.15, -0.1) is 0 Å². The molecule has 0 aliphatic heterocycles. The monoisotopic (exact) mass is 247 g/mol. The van der Waals surface area contributed by atoms with Gasteiger partial charge in [0.1, 0.15) is 23.3 Å². The maximum absolute atomic E-state index is 5.67. The zero-order valence-corrected chi connectivity index (χ0v) is 10.8. The van der Waals surface area contributed by atoms with Crippen LogP contribution in [0, 0.1) is 6.92 Å². The molecule has 2 aromatic heterocycles. The molecule has 2 heterocycles. The second-order valence-electron chi connectivity index (χ2n) is 3.89. The lowest BCUT2D eigenvalue weighted by atomic mass is 10.1. The van der Waals surface area contributed by atoms with Crippen molar-refractivity contribution >= 4 is 0 Å². The molecule has 0 spiro atoms. The molecule has 0 radical (unpaired) electrons. The fourth-order valence-electron chi connectivity index (χ4n) is 1.84. The van der Waals surface area contributed by atoms with Crippen LogP contribution >= 0.6 is 0 Å². The molecule has 5 nitrogen and oxygen atoms in total. The van der Waals surface area contributed by atoms with Crippen LogP contribution in [0.25, 0.3) is 0 Å². The Morgan fingerprint density at radius 2 is 2.11 bits per heavy atom. The maximum Gasteiger partial charge on any atom is 0.237 e. The van der Waals surface area contributed by atoms with Gasteiger partial charge in [-0.05, 0) is 25.6 Å². The second-order valence-corrected chi connectivity index (χ2v) is 3.89. The molecule has 0 saturated carbocycles. The van der Waals surface area contributed by atoms with Crippen LogP contribution in [-0.2, 0) is 0 Å². The van der Waals surface area contributed by atoms with Crippen molar-refractivity contribution in [2.45, 2.75) is 19.9 Å². The normalized spacial score (nSPS) is 12.4. The highest BCUT2D eigenvalue weighted by molar-refractivity contribution is 5.28. The van der Waals surface area contributed by atoms with E-state index in [9.17, 15) is 0 Å². The molecule has 0 aliphatic carbocycles. The van der Waals surface area contributed by atoms with Crippen LogP contribution in [0.15, 0.2) is 28.9 Å². The number of nitrogens with one attached hydrogen (secondary N) is 1. The quantitative estimate of drug-likeness (QED) is 0.876. The summed E-state index contributed by atoms with van der Waals surface area (Å²) in [6.45, 7) is 4.75. The minimum atomic E-state index is -0.146. The number of hydrogen-bond acceptors (Lipinski definition) is 5. The van der Waals surface area contributed by atoms with Gasteiger partial charge in [0, 0.05) is 12.4 Å². The highest BCUT2D eigenvalue weighted by Crippen LogP contribution is 2.27. The number of hydrogen-bond donors (Lipinski definition) is 1. The molecule has 2 aromatic rings. The number of rotatable bonds is 5. The SMILES string of the molecule is CCNC(c1ccc(C)o1)c1nccnc1OC. The Labute approximate surface area is 106 Å². The number of aryl methyl sites for hydroxylation is 1. The number of furan rings is 1. The van der Waals surface area contributed by atoms with Gasteiger partial charge in [-0.3, -0.25) is 4.98 Å². The number of nitrogens with zero attached hydrogens (tertiary/aromatic N) is 2. The summed E-state index contributed by atoms with van der Waals surface area (Å²) in [6, 6.07) is 3.73. The van der Waals surface area contributed by atoms with E-state index in [-0.39, 0.29) is 6.04 Å². The average molecular weight is 247 g/mol. The lowest BCUT2D eigenvalue weighted by molar-refractivity contribution is 0.371. The predicted octanol–water partition coefficient (Wildman–Crippen LogP) is 2.09. The Morgan fingerprint density at radius 3 is 2.72 bits per heavy atom. The van der Waals surface area contributed by atoms with Crippen LogP contribution in [0.3, 0.4) is 0 Å². The van der Waals surface area contributed by atoms with Crippen molar-refractivity contribution in [3.8, 4) is 5.88 Å². The van der Waals surface area contributed by atoms with E-state index in [0.717, 1.165) is 23.8 Å². The maximum atomic E-state index is 5.67. The lowest BCUT2D eigenvalue weighted by Crippen LogP contribution is -2.23. The van der Waals surface area contributed by atoms with Crippen molar-refractivity contribution in [2.24, 2.45) is 0 Å². The van der Waals surface area contributed by atoms with Crippen molar-refractivity contribution in [3.63, 3.8) is 0 Å². The van der Waals surface area contributed by atoms with E-state index >= 15 is 0 Å². The van der Waals surface area contributed by atoms with Gasteiger partial charge in [-0.1, -0.05) is 6.92 Å². The lowest BCUT2D eigenvalue weighted by Gasteiger charge is -2.16. The summed E-state index contributed by atoms with van der Waals surface area (Å²) in [5.74, 6) is 2.20. The third-order valence-corrected chi connectivity index (χ3v) is 2.61. The minimum Gasteiger partial charge on any atom is -0.480 e. The Hall–Kier alpha value is -1.88. The summed E-state index contributed by atoms with van der Waals surface area (Å²) >= 11 is 0. The minimum absolute atomic E-state index is 0.146. The fourth-order valence-corrected chi connectivity index (χ4v) is 1.84. The van der Waals surface area contributed by atoms with Gasteiger partial charge in [0.15, 0.2) is 0 Å². The second kappa shape index (κ2) is 5.64. The van der Waals surface area contributed by atoms with Crippen molar-refractivity contribution in [3.05, 3.63) is 41.7 Å². The van der Waals surface area contributed by atoms with Crippen molar-refractivity contribution in [1.29, 1.82) is 0 Å². The molecular weight excluding hydrogens is 230 g/mol. The first-order valence-corrected chi connectivity index (χ1v) is 5.90. The molecule has 96 valence electrons. The van der Waals surface area contributed by atoms with Crippen LogP contribution < -0.4 is 10.1 Å². The average Bonchev–Trinajstić information content (AvgIpc) is 2.82. The van der Waals surface area contributed by atoms with E-state index in [1.807, 2.05) is 26.0 Å². The molecule has 0 bridgehead atoms. The van der Waals surface area contributed by atoms with Crippen molar-refractivity contribution in [2.75, 3.05) is 13.7 Å². The van der Waals surface area contributed by atoms with Gasteiger partial charge in [-0.2, -0.15) is 0 Å². The third kappa shape index (κ3) is 2.51. The topological polar surface area (TPSA) is 60.2 Å². The summed E-state index contributed by atoms with van der Waals surface area (Å²) in [5.41, 5.74) is 0.733. The molecule has 1 unspecified atom stereocenters. The van der Waals surface area contributed by atoms with Crippen molar-refractivity contribution < 1.29 is 9.15 Å². The summed E-state index contributed by atoms with van der Waals surface area (Å²) < 4.78 is 10.9. The molecular formula is C13H17N3O2. The van der Waals surface area contributed by atoms with Gasteiger partial charge < -0.3 is 14.5 Å². The molecule has 5 heteroatoms. The standard InChI is InChI=1S/C13H17N3O2/c1-4-14-11(10-6-5-9(2)18-10)12-13(17-3)16-8-7-15-12/h5-8,11,14H,4H2,1-3H3. The highest BCUT2D eigenvalue weighted by Gasteiger charge is 2.22. The molecule has 0 saturated heterocycles. The summed E-state index contributed by atoms with van der Waals surface area (Å²) in [4.78, 5) is 8.51. The largest absolute Gasteiger partial charge is 0.480 e. The van der Waals surface area contributed by atoms with Crippen LogP contribution in [0.5, 0.6) is 5.88 Å². The fraction of sp³-hybridized carbons (Fsp3) is 0.385. The first-order valence-electron chi connectivity index (χ1n) is 5.90. The first-order chi connectivity index (χ1) is 8.76. The van der Waals surface area contributed by atoms with Crippen molar-refractivity contribution in [1.82, 2.24) is 15.3 Å². The molecule has 2 rings (SSSR count). The smallest absolute Gasteiger partial charge is 0.237 e. The Morgan fingerprint density at radius 1 is 1.33 bits per heavy atom. The van der Waals surface area contributed by atoms with Crippen LogP contribution in [0.2, 0.25) is 0 Å². The molecule has 1 N–H and O–H groups in total. The predicted molar refractivity (Wildman–Crippen MR) is 67.5 cm³/mol. The molecule has 0 fully saturated rings. The van der Waals surface area contributed by atoms with Gasteiger partial charge in [0.05, 0.1) is 7.11 Å². The van der Waals surface area contributed by atoms with E-state index in [2.05, 4.69) is 15.3 Å². The van der Waals surface area contributed by atoms with E-state index < -0.39 is 0 Å². The summed E-state index contributed by atoms with van der Waals surface area (Å²) in [6.07, 6.45) is 3.26. The summed E-state index contributed by atoms with van der Waals surface area (Å²) in [7, 11) is 1.59. The molecule has 1 atom stereocenters. The molecule has 0 amide bonds. The van der Waals surface area contributed by atoms with E-state index in [1.54, 1.807) is 19.5 Å². The van der Waals surface area contributed by atoms with Gasteiger partial charge in [-0.25, -0.2) is 4.98 Å². The van der Waals surface area contributed by atoms with Gasteiger partial charge >= 0.3 is 0 Å². The zero-order valence-electron chi connectivity index (χ0n) is 10.8. The van der Waals surface area contributed by atoms with E-state index in [0.29, 0.717) is 5.88 Å². The van der Waals surface area contributed by atoms with E-state index in [1.165, 1.54) is 0 Å². The molecule has 0 aliphatic rings. The van der Waals surface area contributed by atoms with Gasteiger partial charge in [0.25, 0.3) is 0 Å². The number of aromatic nitrogens is 2. The Kier molecular flexibility index (Phi) is 3.94. The number of ether oxygens (including phenoxy) is 1. The van der Waals surface area contributed by atoms with Gasteiger partial charge in [0.2, 0.25) is 5.88 Å². The highest BCUT2D eigenvalue weighted by atomic mass is 16.5. The molecule has 0 aromatic carbocycles.